The van der Waals surface area contributed by atoms with Gasteiger partial charge in [0, 0.05) is 17.3 Å². The average molecular weight is 384 g/mol. The lowest BCUT2D eigenvalue weighted by Crippen LogP contribution is -2.14. The van der Waals surface area contributed by atoms with E-state index in [4.69, 9.17) is 4.42 Å². The van der Waals surface area contributed by atoms with Crippen LogP contribution in [0.15, 0.2) is 58.2 Å². The van der Waals surface area contributed by atoms with E-state index in [0.29, 0.717) is 28.8 Å². The number of nitrogens with one attached hydrogen (secondary N) is 1. The van der Waals surface area contributed by atoms with Crippen LogP contribution >= 0.6 is 11.8 Å². The second-order valence-electron chi connectivity index (χ2n) is 5.72. The monoisotopic (exact) mass is 384 g/mol. The highest BCUT2D eigenvalue weighted by molar-refractivity contribution is 7.99. The van der Waals surface area contributed by atoms with Crippen molar-refractivity contribution < 1.29 is 14.1 Å². The van der Waals surface area contributed by atoms with Gasteiger partial charge >= 0.3 is 0 Å². The van der Waals surface area contributed by atoms with Crippen molar-refractivity contribution in [2.75, 3.05) is 11.1 Å². The summed E-state index contributed by atoms with van der Waals surface area (Å²) in [5, 5.41) is 21.8. The highest BCUT2D eigenvalue weighted by Gasteiger charge is 2.14. The lowest BCUT2D eigenvalue weighted by atomic mass is 10.2. The van der Waals surface area contributed by atoms with Crippen LogP contribution in [0.4, 0.5) is 11.4 Å². The maximum absolute atomic E-state index is 12.1. The van der Waals surface area contributed by atoms with Gasteiger partial charge in [0.1, 0.15) is 0 Å². The van der Waals surface area contributed by atoms with Crippen molar-refractivity contribution in [1.82, 2.24) is 10.2 Å². The molecule has 0 fully saturated rings. The maximum atomic E-state index is 12.1. The van der Waals surface area contributed by atoms with Crippen molar-refractivity contribution in [2.24, 2.45) is 0 Å². The summed E-state index contributed by atoms with van der Waals surface area (Å²) >= 11 is 1.11. The number of thioether (sulfide) groups is 1. The van der Waals surface area contributed by atoms with Gasteiger partial charge in [-0.15, -0.1) is 10.2 Å². The van der Waals surface area contributed by atoms with Gasteiger partial charge in [-0.1, -0.05) is 48.2 Å². The molecule has 27 heavy (non-hydrogen) atoms. The van der Waals surface area contributed by atoms with E-state index >= 15 is 0 Å². The number of nitrogens with zero attached hydrogens (tertiary/aromatic N) is 3. The van der Waals surface area contributed by atoms with Crippen molar-refractivity contribution >= 4 is 29.0 Å². The van der Waals surface area contributed by atoms with Crippen LogP contribution in [-0.4, -0.2) is 26.8 Å². The van der Waals surface area contributed by atoms with Gasteiger partial charge < -0.3 is 9.73 Å². The molecule has 0 radical (unpaired) electrons. The molecular weight excluding hydrogens is 368 g/mol. The Morgan fingerprint density at radius 1 is 1.22 bits per heavy atom. The van der Waals surface area contributed by atoms with Gasteiger partial charge in [0.25, 0.3) is 10.9 Å². The van der Waals surface area contributed by atoms with Crippen LogP contribution in [0.25, 0.3) is 0 Å². The second-order valence-corrected chi connectivity index (χ2v) is 6.65. The molecule has 0 unspecified atom stereocenters. The third-order valence-electron chi connectivity index (χ3n) is 3.66. The minimum Gasteiger partial charge on any atom is -0.416 e. The molecule has 0 aliphatic rings. The van der Waals surface area contributed by atoms with E-state index in [2.05, 4.69) is 15.5 Å². The first-order valence-corrected chi connectivity index (χ1v) is 9.04. The van der Waals surface area contributed by atoms with E-state index in [1.165, 1.54) is 6.07 Å². The summed E-state index contributed by atoms with van der Waals surface area (Å²) < 4.78 is 5.53. The molecule has 138 valence electrons. The molecule has 0 atom stereocenters. The summed E-state index contributed by atoms with van der Waals surface area (Å²) in [6, 6.07) is 14.3. The van der Waals surface area contributed by atoms with Crippen molar-refractivity contribution in [3.05, 3.63) is 75.7 Å². The smallest absolute Gasteiger partial charge is 0.277 e. The van der Waals surface area contributed by atoms with Gasteiger partial charge in [-0.25, -0.2) is 0 Å². The number of carbonyl (C=O) groups is 1. The quantitative estimate of drug-likeness (QED) is 0.376. The van der Waals surface area contributed by atoms with Gasteiger partial charge in [0.15, 0.2) is 0 Å². The van der Waals surface area contributed by atoms with Crippen LogP contribution in [0.5, 0.6) is 0 Å². The Labute approximate surface area is 159 Å². The lowest BCUT2D eigenvalue weighted by molar-refractivity contribution is -0.385. The van der Waals surface area contributed by atoms with E-state index in [9.17, 15) is 14.9 Å². The van der Waals surface area contributed by atoms with Crippen LogP contribution < -0.4 is 5.32 Å². The Bertz CT molecular complexity index is 959. The number of hydrogen-bond acceptors (Lipinski definition) is 7. The van der Waals surface area contributed by atoms with E-state index in [1.54, 1.807) is 19.1 Å². The molecule has 0 saturated carbocycles. The highest BCUT2D eigenvalue weighted by atomic mass is 32.2. The number of anilines is 1. The Morgan fingerprint density at radius 2 is 2.00 bits per heavy atom. The van der Waals surface area contributed by atoms with Crippen LogP contribution in [0.3, 0.4) is 0 Å². The van der Waals surface area contributed by atoms with Crippen molar-refractivity contribution in [2.45, 2.75) is 18.6 Å². The second kappa shape index (κ2) is 8.45. The first-order chi connectivity index (χ1) is 13.0. The number of hydrogen-bond donors (Lipinski definition) is 1. The Hall–Kier alpha value is -3.20. The molecule has 0 bridgehead atoms. The third kappa shape index (κ3) is 5.14. The number of aryl methyl sites for hydroxylation is 1. The molecular formula is C18H16N4O4S. The first-order valence-electron chi connectivity index (χ1n) is 8.05. The minimum absolute atomic E-state index is 0.0390. The average Bonchev–Trinajstić information content (AvgIpc) is 3.09. The van der Waals surface area contributed by atoms with Gasteiger partial charge in [-0.05, 0) is 18.6 Å². The number of rotatable bonds is 7. The van der Waals surface area contributed by atoms with E-state index in [-0.39, 0.29) is 17.3 Å². The number of amides is 1. The summed E-state index contributed by atoms with van der Waals surface area (Å²) in [5.41, 5.74) is 1.91. The largest absolute Gasteiger partial charge is 0.416 e. The molecule has 8 nitrogen and oxygen atoms in total. The molecule has 1 N–H and O–H groups in total. The predicted octanol–water partition coefficient (Wildman–Crippen LogP) is 3.61. The summed E-state index contributed by atoms with van der Waals surface area (Å²) in [7, 11) is 0. The van der Waals surface area contributed by atoms with Crippen LogP contribution in [0.1, 0.15) is 17.0 Å². The van der Waals surface area contributed by atoms with E-state index in [1.807, 2.05) is 30.3 Å². The number of benzene rings is 2. The zero-order valence-corrected chi connectivity index (χ0v) is 15.2. The van der Waals surface area contributed by atoms with E-state index < -0.39 is 4.92 Å². The number of aromatic nitrogens is 2. The molecule has 0 saturated heterocycles. The molecule has 1 amide bonds. The summed E-state index contributed by atoms with van der Waals surface area (Å²) in [5.74, 6) is 0.202. The normalized spacial score (nSPS) is 10.6. The Morgan fingerprint density at radius 3 is 2.74 bits per heavy atom. The van der Waals surface area contributed by atoms with Crippen LogP contribution in [0.2, 0.25) is 0 Å². The predicted molar refractivity (Wildman–Crippen MR) is 101 cm³/mol. The molecule has 3 aromatic rings. The van der Waals surface area contributed by atoms with Crippen molar-refractivity contribution in [3.63, 3.8) is 0 Å². The number of carbonyl (C=O) groups excluding carboxylic acids is 1. The molecule has 3 rings (SSSR count). The molecule has 9 heteroatoms. The van der Waals surface area contributed by atoms with Crippen LogP contribution in [-0.2, 0) is 11.2 Å². The number of nitro benzene ring substituents is 1. The highest BCUT2D eigenvalue weighted by Crippen LogP contribution is 2.23. The maximum Gasteiger partial charge on any atom is 0.277 e. The fourth-order valence-electron chi connectivity index (χ4n) is 2.35. The molecule has 0 aliphatic carbocycles. The Balaban J connectivity index is 1.54. The summed E-state index contributed by atoms with van der Waals surface area (Å²) in [6.07, 6.45) is 0.521. The van der Waals surface area contributed by atoms with Gasteiger partial charge in [-0.2, -0.15) is 0 Å². The third-order valence-corrected chi connectivity index (χ3v) is 4.48. The fraction of sp³-hybridized carbons (Fsp3) is 0.167. The minimum atomic E-state index is -0.480. The fourth-order valence-corrected chi connectivity index (χ4v) is 2.93. The Kier molecular flexibility index (Phi) is 5.82. The van der Waals surface area contributed by atoms with E-state index in [0.717, 1.165) is 17.3 Å². The van der Waals surface area contributed by atoms with Gasteiger partial charge in [0.05, 0.1) is 17.1 Å². The molecule has 0 aliphatic heterocycles. The SMILES string of the molecule is Cc1ccc(NC(=O)CSc2nnc(Cc3ccccc3)o2)cc1[N+](=O)[O-]. The van der Waals surface area contributed by atoms with Crippen molar-refractivity contribution in [3.8, 4) is 0 Å². The zero-order chi connectivity index (χ0) is 19.2. The summed E-state index contributed by atoms with van der Waals surface area (Å²) in [4.78, 5) is 22.5. The standard InChI is InChI=1S/C18H16N4O4S/c1-12-7-8-14(10-15(12)22(24)25)19-16(23)11-27-18-21-20-17(26-18)9-13-5-3-2-4-6-13/h2-8,10H,9,11H2,1H3,(H,19,23). The number of nitro groups is 1. The molecule has 0 spiro atoms. The molecule has 1 heterocycles. The zero-order valence-electron chi connectivity index (χ0n) is 14.4. The summed E-state index contributed by atoms with van der Waals surface area (Å²) in [6.45, 7) is 1.64. The first kappa shape index (κ1) is 18.6. The van der Waals surface area contributed by atoms with Crippen molar-refractivity contribution in [1.29, 1.82) is 0 Å². The lowest BCUT2D eigenvalue weighted by Gasteiger charge is -2.05. The molecule has 1 aromatic heterocycles. The molecule has 2 aromatic carbocycles. The van der Waals surface area contributed by atoms with Gasteiger partial charge in [-0.3, -0.25) is 14.9 Å². The van der Waals surface area contributed by atoms with Crippen LogP contribution in [0, 0.1) is 17.0 Å². The topological polar surface area (TPSA) is 111 Å². The van der Waals surface area contributed by atoms with Gasteiger partial charge in [0.2, 0.25) is 11.8 Å².